The minimum Gasteiger partial charge on any atom is -0.433 e. The van der Waals surface area contributed by atoms with Gasteiger partial charge < -0.3 is 16.0 Å². The second-order valence-electron chi connectivity index (χ2n) is 5.06. The minimum absolute atomic E-state index is 0.564. The number of unbranched alkanes of at least 4 members (excludes halogenated alkanes) is 2. The zero-order valence-electron chi connectivity index (χ0n) is 14.5. The lowest BCUT2D eigenvalue weighted by Gasteiger charge is -2.09. The van der Waals surface area contributed by atoms with Crippen LogP contribution in [0.2, 0.25) is 0 Å². The molecule has 1 aromatic rings. The molecule has 0 radical (unpaired) electrons. The van der Waals surface area contributed by atoms with Gasteiger partial charge in [0.2, 0.25) is 0 Å². The second kappa shape index (κ2) is 15.3. The van der Waals surface area contributed by atoms with E-state index in [1.807, 2.05) is 43.3 Å². The molecule has 0 aliphatic rings. The Labute approximate surface area is 142 Å². The van der Waals surface area contributed by atoms with Gasteiger partial charge in [0.1, 0.15) is 0 Å². The summed E-state index contributed by atoms with van der Waals surface area (Å²) in [5.74, 6) is 0. The lowest BCUT2D eigenvalue weighted by Crippen LogP contribution is -2.45. The predicted octanol–water partition coefficient (Wildman–Crippen LogP) is 2.79. The molecule has 0 aliphatic carbocycles. The number of nitrogens with two attached hydrogens (primary N) is 1. The van der Waals surface area contributed by atoms with Crippen molar-refractivity contribution in [2.75, 3.05) is 13.6 Å². The largest absolute Gasteiger partial charge is 0.433 e. The standard InChI is InChI=1S/C18H26BNO.CH5N/c1-3-11-17(12-4-2)13-7-6-10-16-20-19(21)18-14-8-5-9-15-18;1-2/h3-5,8-9,11-12,14-15,20-21H,1,6-7,10,13,16H2,2H3;2H2,1H3/b12-4-,17-11+;. The van der Waals surface area contributed by atoms with Crippen LogP contribution < -0.4 is 16.4 Å². The summed E-state index contributed by atoms with van der Waals surface area (Å²) in [5.41, 5.74) is 6.74. The first-order valence-corrected chi connectivity index (χ1v) is 8.26. The molecule has 0 spiro atoms. The number of hydrogen-bond donors (Lipinski definition) is 3. The molecule has 0 saturated heterocycles. The van der Waals surface area contributed by atoms with Crippen molar-refractivity contribution in [1.82, 2.24) is 5.23 Å². The van der Waals surface area contributed by atoms with E-state index in [1.165, 1.54) is 12.6 Å². The molecule has 0 amide bonds. The highest BCUT2D eigenvalue weighted by Gasteiger charge is 2.12. The molecule has 0 atom stereocenters. The topological polar surface area (TPSA) is 58.3 Å². The van der Waals surface area contributed by atoms with Crippen molar-refractivity contribution < 1.29 is 5.02 Å². The van der Waals surface area contributed by atoms with E-state index in [0.717, 1.165) is 37.7 Å². The first-order chi connectivity index (χ1) is 11.3. The van der Waals surface area contributed by atoms with Crippen LogP contribution in [-0.2, 0) is 0 Å². The molecule has 0 aliphatic heterocycles. The molecular formula is C19H31BN2O. The van der Waals surface area contributed by atoms with Gasteiger partial charge in [-0.1, -0.05) is 67.6 Å². The Morgan fingerprint density at radius 1 is 1.22 bits per heavy atom. The molecule has 0 unspecified atom stereocenters. The van der Waals surface area contributed by atoms with E-state index in [0.29, 0.717) is 0 Å². The molecule has 0 bridgehead atoms. The Hall–Kier alpha value is -1.62. The van der Waals surface area contributed by atoms with Gasteiger partial charge >= 0.3 is 7.05 Å². The van der Waals surface area contributed by atoms with Crippen molar-refractivity contribution in [2.24, 2.45) is 5.73 Å². The fourth-order valence-electron chi connectivity index (χ4n) is 2.21. The van der Waals surface area contributed by atoms with Crippen molar-refractivity contribution in [3.8, 4) is 0 Å². The molecular weight excluding hydrogens is 283 g/mol. The number of nitrogens with one attached hydrogen (secondary N) is 1. The van der Waals surface area contributed by atoms with E-state index in [2.05, 4.69) is 35.8 Å². The van der Waals surface area contributed by atoms with Gasteiger partial charge in [-0.25, -0.2) is 0 Å². The minimum atomic E-state index is -0.564. The molecule has 0 aromatic heterocycles. The maximum atomic E-state index is 9.96. The molecule has 126 valence electrons. The van der Waals surface area contributed by atoms with Crippen molar-refractivity contribution in [3.05, 3.63) is 66.8 Å². The van der Waals surface area contributed by atoms with Crippen LogP contribution in [0.25, 0.3) is 0 Å². The van der Waals surface area contributed by atoms with Gasteiger partial charge in [-0.15, -0.1) is 0 Å². The Morgan fingerprint density at radius 3 is 2.52 bits per heavy atom. The van der Waals surface area contributed by atoms with Gasteiger partial charge in [-0.2, -0.15) is 0 Å². The molecule has 3 nitrogen and oxygen atoms in total. The third-order valence-corrected chi connectivity index (χ3v) is 3.31. The van der Waals surface area contributed by atoms with Crippen LogP contribution in [0, 0.1) is 0 Å². The quantitative estimate of drug-likeness (QED) is 0.354. The predicted molar refractivity (Wildman–Crippen MR) is 104 cm³/mol. The van der Waals surface area contributed by atoms with E-state index >= 15 is 0 Å². The molecule has 0 fully saturated rings. The molecule has 0 heterocycles. The average Bonchev–Trinajstić information content (AvgIpc) is 2.60. The monoisotopic (exact) mass is 314 g/mol. The summed E-state index contributed by atoms with van der Waals surface area (Å²) in [5, 5.41) is 13.1. The molecule has 1 rings (SSSR count). The van der Waals surface area contributed by atoms with Gasteiger partial charge in [-0.3, -0.25) is 0 Å². The zero-order valence-corrected chi connectivity index (χ0v) is 14.5. The van der Waals surface area contributed by atoms with Crippen LogP contribution >= 0.6 is 0 Å². The van der Waals surface area contributed by atoms with Crippen LogP contribution in [0.3, 0.4) is 0 Å². The Morgan fingerprint density at radius 2 is 1.91 bits per heavy atom. The lowest BCUT2D eigenvalue weighted by atomic mass is 9.74. The van der Waals surface area contributed by atoms with Gasteiger partial charge in [0, 0.05) is 0 Å². The Balaban J connectivity index is 0.00000232. The normalized spacial score (nSPS) is 11.0. The van der Waals surface area contributed by atoms with Crippen molar-refractivity contribution in [1.29, 1.82) is 0 Å². The van der Waals surface area contributed by atoms with Crippen molar-refractivity contribution in [2.45, 2.75) is 32.6 Å². The highest BCUT2D eigenvalue weighted by molar-refractivity contribution is 6.63. The van der Waals surface area contributed by atoms with Gasteiger partial charge in [0.05, 0.1) is 0 Å². The summed E-state index contributed by atoms with van der Waals surface area (Å²) in [6, 6.07) is 9.70. The van der Waals surface area contributed by atoms with E-state index in [1.54, 1.807) is 0 Å². The first-order valence-electron chi connectivity index (χ1n) is 8.26. The highest BCUT2D eigenvalue weighted by Crippen LogP contribution is 2.10. The smallest absolute Gasteiger partial charge is 0.413 e. The maximum Gasteiger partial charge on any atom is 0.413 e. The molecule has 23 heavy (non-hydrogen) atoms. The number of hydrogen-bond acceptors (Lipinski definition) is 3. The molecule has 4 heteroatoms. The fraction of sp³-hybridized carbons (Fsp3) is 0.368. The Bertz CT molecular complexity index is 458. The van der Waals surface area contributed by atoms with Crippen molar-refractivity contribution >= 4 is 12.5 Å². The third-order valence-electron chi connectivity index (χ3n) is 3.31. The van der Waals surface area contributed by atoms with Crippen LogP contribution in [-0.4, -0.2) is 25.7 Å². The first kappa shape index (κ1) is 21.4. The average molecular weight is 314 g/mol. The van der Waals surface area contributed by atoms with Crippen LogP contribution in [0.4, 0.5) is 0 Å². The van der Waals surface area contributed by atoms with Crippen LogP contribution in [0.15, 0.2) is 66.8 Å². The molecule has 1 aromatic carbocycles. The fourth-order valence-corrected chi connectivity index (χ4v) is 2.21. The van der Waals surface area contributed by atoms with Gasteiger partial charge in [-0.05, 0) is 50.8 Å². The lowest BCUT2D eigenvalue weighted by molar-refractivity contribution is 0.553. The van der Waals surface area contributed by atoms with Crippen LogP contribution in [0.5, 0.6) is 0 Å². The second-order valence-corrected chi connectivity index (χ2v) is 5.06. The van der Waals surface area contributed by atoms with Gasteiger partial charge in [0.15, 0.2) is 0 Å². The summed E-state index contributed by atoms with van der Waals surface area (Å²) >= 11 is 0. The SMILES string of the molecule is C=C/C=C(\C=C/C)CCCCCNB(O)c1ccccc1.CN. The van der Waals surface area contributed by atoms with Gasteiger partial charge in [0.25, 0.3) is 0 Å². The van der Waals surface area contributed by atoms with Crippen LogP contribution in [0.1, 0.15) is 32.6 Å². The third kappa shape index (κ3) is 10.7. The van der Waals surface area contributed by atoms with Crippen molar-refractivity contribution in [3.63, 3.8) is 0 Å². The van der Waals surface area contributed by atoms with E-state index in [4.69, 9.17) is 0 Å². The number of benzene rings is 1. The summed E-state index contributed by atoms with van der Waals surface area (Å²) in [7, 11) is 0.936. The summed E-state index contributed by atoms with van der Waals surface area (Å²) in [4.78, 5) is 0. The summed E-state index contributed by atoms with van der Waals surface area (Å²) in [6.45, 7) is 6.61. The number of rotatable bonds is 10. The summed E-state index contributed by atoms with van der Waals surface area (Å²) < 4.78 is 0. The van der Waals surface area contributed by atoms with E-state index < -0.39 is 7.05 Å². The Kier molecular flexibility index (Phi) is 14.2. The summed E-state index contributed by atoms with van der Waals surface area (Å²) in [6.07, 6.45) is 12.6. The number of allylic oxidation sites excluding steroid dienone is 5. The molecule has 4 N–H and O–H groups in total. The van der Waals surface area contributed by atoms with E-state index in [-0.39, 0.29) is 0 Å². The highest BCUT2D eigenvalue weighted by atomic mass is 16.2. The zero-order chi connectivity index (χ0) is 17.3. The maximum absolute atomic E-state index is 9.96. The van der Waals surface area contributed by atoms with E-state index in [9.17, 15) is 5.02 Å². The molecule has 0 saturated carbocycles.